The number of hydrogen-bond acceptors (Lipinski definition) is 5. The molecule has 0 spiro atoms. The minimum Gasteiger partial charge on any atom is -0.508 e. The number of phenols is 2. The van der Waals surface area contributed by atoms with Crippen LogP contribution in [0, 0.1) is 5.41 Å². The number of ketones is 1. The van der Waals surface area contributed by atoms with E-state index in [1.165, 1.54) is 18.2 Å². The first kappa shape index (κ1) is 26.0. The van der Waals surface area contributed by atoms with Gasteiger partial charge in [-0.3, -0.25) is 9.59 Å². The van der Waals surface area contributed by atoms with Crippen LogP contribution in [-0.2, 0) is 10.2 Å². The van der Waals surface area contributed by atoms with E-state index in [1.54, 1.807) is 30.3 Å². The number of aromatic hydroxyl groups is 2. The molecule has 0 radical (unpaired) electrons. The van der Waals surface area contributed by atoms with Crippen LogP contribution in [0.15, 0.2) is 66.7 Å². The summed E-state index contributed by atoms with van der Waals surface area (Å²) in [4.78, 5) is 25.6. The Kier molecular flexibility index (Phi) is 7.39. The Labute approximate surface area is 207 Å². The molecule has 0 bridgehead atoms. The number of phenolic OH excluding ortho intramolecular Hbond substituents is 2. The molecule has 0 fully saturated rings. The van der Waals surface area contributed by atoms with Crippen molar-refractivity contribution in [3.8, 4) is 17.2 Å². The number of benzene rings is 3. The fourth-order valence-electron chi connectivity index (χ4n) is 4.15. The van der Waals surface area contributed by atoms with Gasteiger partial charge >= 0.3 is 5.97 Å². The van der Waals surface area contributed by atoms with E-state index in [2.05, 4.69) is 20.8 Å². The Morgan fingerprint density at radius 1 is 0.829 bits per heavy atom. The lowest BCUT2D eigenvalue weighted by molar-refractivity contribution is -0.135. The largest absolute Gasteiger partial charge is 0.508 e. The van der Waals surface area contributed by atoms with Gasteiger partial charge in [0.25, 0.3) is 0 Å². The molecule has 5 heteroatoms. The number of carbonyl (C=O) groups is 2. The van der Waals surface area contributed by atoms with Gasteiger partial charge in [0, 0.05) is 11.6 Å². The summed E-state index contributed by atoms with van der Waals surface area (Å²) < 4.78 is 5.54. The number of ether oxygens (including phenoxy) is 1. The Morgan fingerprint density at radius 2 is 1.49 bits per heavy atom. The van der Waals surface area contributed by atoms with Crippen LogP contribution in [0.4, 0.5) is 0 Å². The summed E-state index contributed by atoms with van der Waals surface area (Å²) in [7, 11) is 0. The van der Waals surface area contributed by atoms with Crippen molar-refractivity contribution in [2.75, 3.05) is 0 Å². The smallest absolute Gasteiger partial charge is 0.311 e. The Bertz CT molecular complexity index is 1210. The molecule has 3 aromatic rings. The zero-order chi connectivity index (χ0) is 26.0. The summed E-state index contributed by atoms with van der Waals surface area (Å²) in [6.45, 7) is 12.3. The Hall–Kier alpha value is -3.60. The normalized spacial score (nSPS) is 12.7. The fourth-order valence-corrected chi connectivity index (χ4v) is 4.15. The van der Waals surface area contributed by atoms with Crippen molar-refractivity contribution in [2.45, 2.75) is 59.3 Å². The minimum absolute atomic E-state index is 0.114. The van der Waals surface area contributed by atoms with Gasteiger partial charge in [-0.15, -0.1) is 0 Å². The van der Waals surface area contributed by atoms with Gasteiger partial charge in [-0.2, -0.15) is 0 Å². The van der Waals surface area contributed by atoms with Gasteiger partial charge < -0.3 is 14.9 Å². The molecule has 184 valence electrons. The average Bonchev–Trinajstić information content (AvgIpc) is 2.77. The molecule has 5 nitrogen and oxygen atoms in total. The molecule has 0 aromatic heterocycles. The molecule has 0 aliphatic carbocycles. The quantitative estimate of drug-likeness (QED) is 0.234. The summed E-state index contributed by atoms with van der Waals surface area (Å²) in [6.07, 6.45) is 0.114. The molecule has 0 saturated heterocycles. The zero-order valence-corrected chi connectivity index (χ0v) is 21.3. The lowest BCUT2D eigenvalue weighted by Crippen LogP contribution is -2.24. The Morgan fingerprint density at radius 3 is 2.06 bits per heavy atom. The summed E-state index contributed by atoms with van der Waals surface area (Å²) in [5, 5.41) is 20.8. The molecule has 1 atom stereocenters. The van der Waals surface area contributed by atoms with Crippen molar-refractivity contribution in [1.82, 2.24) is 0 Å². The molecule has 1 unspecified atom stereocenters. The van der Waals surface area contributed by atoms with E-state index >= 15 is 0 Å². The van der Waals surface area contributed by atoms with Gasteiger partial charge in [0.2, 0.25) is 0 Å². The second kappa shape index (κ2) is 9.95. The van der Waals surface area contributed by atoms with E-state index < -0.39 is 5.97 Å². The standard InChI is InChI=1S/C30H34O5/c1-29(2,3)23(20-12-15-25(31)24(16-20)30(4,5)6)18-27(33)35-21-13-14-22(26(32)17-21)28(34)19-10-8-7-9-11-19/h7-17,23,31-32H,18H2,1-6H3. The second-order valence-corrected chi connectivity index (χ2v) is 11.0. The molecule has 2 N–H and O–H groups in total. The highest BCUT2D eigenvalue weighted by Gasteiger charge is 2.31. The van der Waals surface area contributed by atoms with Crippen molar-refractivity contribution in [2.24, 2.45) is 5.41 Å². The van der Waals surface area contributed by atoms with Crippen molar-refractivity contribution in [1.29, 1.82) is 0 Å². The van der Waals surface area contributed by atoms with Crippen LogP contribution in [0.25, 0.3) is 0 Å². The van der Waals surface area contributed by atoms with Crippen molar-refractivity contribution in [3.05, 3.63) is 89.0 Å². The van der Waals surface area contributed by atoms with Gasteiger partial charge in [0.05, 0.1) is 12.0 Å². The summed E-state index contributed by atoms with van der Waals surface area (Å²) in [5.74, 6) is -0.760. The van der Waals surface area contributed by atoms with E-state index in [0.29, 0.717) is 5.56 Å². The van der Waals surface area contributed by atoms with E-state index in [-0.39, 0.29) is 51.8 Å². The summed E-state index contributed by atoms with van der Waals surface area (Å²) in [5.41, 5.74) is 1.87. The Balaban J connectivity index is 1.80. The van der Waals surface area contributed by atoms with Crippen LogP contribution < -0.4 is 4.74 Å². The van der Waals surface area contributed by atoms with Crippen molar-refractivity contribution in [3.63, 3.8) is 0 Å². The van der Waals surface area contributed by atoms with Crippen LogP contribution in [0.1, 0.15) is 80.9 Å². The SMILES string of the molecule is CC(C)(C)c1cc(C(CC(=O)Oc2ccc(C(=O)c3ccccc3)c(O)c2)C(C)(C)C)ccc1O. The summed E-state index contributed by atoms with van der Waals surface area (Å²) in [6, 6.07) is 18.4. The first-order valence-electron chi connectivity index (χ1n) is 11.7. The predicted octanol–water partition coefficient (Wildman–Crippen LogP) is 6.75. The van der Waals surface area contributed by atoms with E-state index in [9.17, 15) is 19.8 Å². The molecule has 0 aliphatic heterocycles. The molecule has 0 saturated carbocycles. The highest BCUT2D eigenvalue weighted by atomic mass is 16.5. The third-order valence-electron chi connectivity index (χ3n) is 6.13. The molecule has 0 amide bonds. The van der Waals surface area contributed by atoms with Crippen molar-refractivity contribution < 1.29 is 24.5 Å². The molecule has 3 aromatic carbocycles. The van der Waals surface area contributed by atoms with Gasteiger partial charge in [0.1, 0.15) is 17.2 Å². The van der Waals surface area contributed by atoms with Crippen LogP contribution in [-0.4, -0.2) is 22.0 Å². The third kappa shape index (κ3) is 6.30. The topological polar surface area (TPSA) is 83.8 Å². The monoisotopic (exact) mass is 474 g/mol. The number of carbonyl (C=O) groups excluding carboxylic acids is 2. The molecule has 0 aliphatic rings. The molecule has 0 heterocycles. The zero-order valence-electron chi connectivity index (χ0n) is 21.3. The fraction of sp³-hybridized carbons (Fsp3) is 0.333. The number of hydrogen-bond donors (Lipinski definition) is 2. The highest BCUT2D eigenvalue weighted by molar-refractivity contribution is 6.10. The third-order valence-corrected chi connectivity index (χ3v) is 6.13. The predicted molar refractivity (Wildman–Crippen MR) is 137 cm³/mol. The molecular formula is C30H34O5. The minimum atomic E-state index is -0.447. The molecule has 3 rings (SSSR count). The lowest BCUT2D eigenvalue weighted by atomic mass is 9.73. The van der Waals surface area contributed by atoms with E-state index in [4.69, 9.17) is 4.74 Å². The van der Waals surface area contributed by atoms with Gasteiger partial charge in [-0.25, -0.2) is 0 Å². The maximum atomic E-state index is 12.9. The van der Waals surface area contributed by atoms with Crippen LogP contribution in [0.2, 0.25) is 0 Å². The van der Waals surface area contributed by atoms with E-state index in [1.807, 2.05) is 39.0 Å². The average molecular weight is 475 g/mol. The first-order chi connectivity index (χ1) is 16.3. The van der Waals surface area contributed by atoms with Crippen molar-refractivity contribution >= 4 is 11.8 Å². The van der Waals surface area contributed by atoms with Crippen LogP contribution >= 0.6 is 0 Å². The van der Waals surface area contributed by atoms with Gasteiger partial charge in [-0.05, 0) is 46.1 Å². The first-order valence-corrected chi connectivity index (χ1v) is 11.7. The van der Waals surface area contributed by atoms with Crippen LogP contribution in [0.5, 0.6) is 17.2 Å². The van der Waals surface area contributed by atoms with Crippen LogP contribution in [0.3, 0.4) is 0 Å². The van der Waals surface area contributed by atoms with E-state index in [0.717, 1.165) is 11.1 Å². The number of rotatable bonds is 6. The molecular weight excluding hydrogens is 440 g/mol. The van der Waals surface area contributed by atoms with Gasteiger partial charge in [0.15, 0.2) is 5.78 Å². The summed E-state index contributed by atoms with van der Waals surface area (Å²) >= 11 is 0. The highest BCUT2D eigenvalue weighted by Crippen LogP contribution is 2.41. The van der Waals surface area contributed by atoms with Gasteiger partial charge in [-0.1, -0.05) is 84.0 Å². The molecule has 35 heavy (non-hydrogen) atoms. The maximum Gasteiger partial charge on any atom is 0.311 e. The number of esters is 1. The second-order valence-electron chi connectivity index (χ2n) is 11.0. The lowest BCUT2D eigenvalue weighted by Gasteiger charge is -2.32. The maximum absolute atomic E-state index is 12.9.